The number of nitrogens with zero attached hydrogens (tertiary/aromatic N) is 2. The van der Waals surface area contributed by atoms with Gasteiger partial charge in [0.15, 0.2) is 0 Å². The third kappa shape index (κ3) is 6.95. The maximum atomic E-state index is 13.5. The van der Waals surface area contributed by atoms with Crippen LogP contribution in [0.25, 0.3) is 6.08 Å². The Morgan fingerprint density at radius 3 is 2.55 bits per heavy atom. The van der Waals surface area contributed by atoms with Gasteiger partial charge in [0.05, 0.1) is 5.02 Å². The van der Waals surface area contributed by atoms with Gasteiger partial charge in [-0.25, -0.2) is 14.4 Å². The second-order valence-electron chi connectivity index (χ2n) is 9.50. The molecule has 44 heavy (non-hydrogen) atoms. The highest BCUT2D eigenvalue weighted by Gasteiger charge is 2.54. The zero-order chi connectivity index (χ0) is 32.1. The molecule has 0 aliphatic carbocycles. The minimum Gasteiger partial charge on any atom is -0.506 e. The van der Waals surface area contributed by atoms with Crippen molar-refractivity contribution in [2.45, 2.75) is 17.5 Å². The minimum absolute atomic E-state index is 0.0624. The summed E-state index contributed by atoms with van der Waals surface area (Å²) in [4.78, 5) is 77.0. The summed E-state index contributed by atoms with van der Waals surface area (Å²) in [5.41, 5.74) is 5.58. The van der Waals surface area contributed by atoms with Crippen molar-refractivity contribution < 1.29 is 43.7 Å². The van der Waals surface area contributed by atoms with E-state index in [1.54, 1.807) is 24.3 Å². The summed E-state index contributed by atoms with van der Waals surface area (Å²) in [6.45, 7) is -0.431. The molecule has 1 saturated heterocycles. The van der Waals surface area contributed by atoms with E-state index in [9.17, 15) is 39.0 Å². The number of carbonyl (C=O) groups is 6. The number of halogens is 1. The number of rotatable bonds is 9. The number of nitrogens with two attached hydrogens (primary N) is 1. The van der Waals surface area contributed by atoms with Crippen LogP contribution < -0.4 is 16.4 Å². The number of carboxylic acid groups (broad SMARTS) is 1. The van der Waals surface area contributed by atoms with Crippen LogP contribution in [0.1, 0.15) is 17.2 Å². The fraction of sp³-hybridized carbons (Fsp3) is 0.214. The number of aliphatic carboxylic acids is 1. The number of phenolic OH excluding ortho intramolecular Hbond substituents is 1. The molecule has 2 aromatic carbocycles. The lowest BCUT2D eigenvalue weighted by Crippen LogP contribution is -2.71. The molecule has 14 nitrogen and oxygen atoms in total. The molecule has 0 spiro atoms. The number of amides is 6. The zero-order valence-electron chi connectivity index (χ0n) is 22.9. The predicted molar refractivity (Wildman–Crippen MR) is 158 cm³/mol. The molecule has 2 aliphatic rings. The summed E-state index contributed by atoms with van der Waals surface area (Å²) < 4.78 is 4.70. The van der Waals surface area contributed by atoms with Gasteiger partial charge in [-0.1, -0.05) is 48.0 Å². The Bertz CT molecular complexity index is 1580. The highest BCUT2D eigenvalue weighted by atomic mass is 35.5. The molecule has 0 bridgehead atoms. The van der Waals surface area contributed by atoms with Crippen LogP contribution in [0.5, 0.6) is 5.75 Å². The van der Waals surface area contributed by atoms with Crippen molar-refractivity contribution in [3.63, 3.8) is 0 Å². The maximum absolute atomic E-state index is 13.5. The van der Waals surface area contributed by atoms with Gasteiger partial charge in [-0.15, -0.1) is 11.8 Å². The fourth-order valence-corrected chi connectivity index (χ4v) is 5.87. The van der Waals surface area contributed by atoms with Crippen molar-refractivity contribution in [1.82, 2.24) is 20.4 Å². The van der Waals surface area contributed by atoms with Gasteiger partial charge in [-0.3, -0.25) is 24.2 Å². The van der Waals surface area contributed by atoms with Crippen LogP contribution in [0.4, 0.5) is 9.59 Å². The van der Waals surface area contributed by atoms with Gasteiger partial charge in [-0.05, 0) is 29.3 Å². The fourth-order valence-electron chi connectivity index (χ4n) is 4.36. The minimum atomic E-state index is -1.49. The van der Waals surface area contributed by atoms with Gasteiger partial charge in [0.1, 0.15) is 35.5 Å². The van der Waals surface area contributed by atoms with Crippen molar-refractivity contribution in [2.75, 3.05) is 19.4 Å². The lowest BCUT2D eigenvalue weighted by molar-refractivity contribution is -0.151. The third-order valence-electron chi connectivity index (χ3n) is 6.62. The normalized spacial score (nSPS) is 18.1. The predicted octanol–water partition coefficient (Wildman–Crippen LogP) is 1.80. The Morgan fingerprint density at radius 2 is 1.91 bits per heavy atom. The average Bonchev–Trinajstić information content (AvgIpc) is 3.00. The second-order valence-corrected chi connectivity index (χ2v) is 11.0. The molecule has 2 aliphatic heterocycles. The number of aromatic hydroxyl groups is 1. The molecular formula is C28H26ClN5O9S. The number of imide groups is 1. The molecule has 2 unspecified atom stereocenters. The van der Waals surface area contributed by atoms with Gasteiger partial charge in [0, 0.05) is 24.4 Å². The molecule has 0 aromatic heterocycles. The van der Waals surface area contributed by atoms with E-state index >= 15 is 0 Å². The molecule has 2 aromatic rings. The van der Waals surface area contributed by atoms with Crippen LogP contribution >= 0.6 is 23.4 Å². The molecule has 0 saturated carbocycles. The Morgan fingerprint density at radius 1 is 1.20 bits per heavy atom. The molecule has 16 heteroatoms. The molecule has 6 N–H and O–H groups in total. The Hall–Kier alpha value is -5.02. The number of benzene rings is 2. The van der Waals surface area contributed by atoms with E-state index in [0.29, 0.717) is 0 Å². The molecule has 2 heterocycles. The first-order chi connectivity index (χ1) is 20.9. The van der Waals surface area contributed by atoms with Gasteiger partial charge in [0.25, 0.3) is 11.8 Å². The van der Waals surface area contributed by atoms with Crippen LogP contribution in [-0.4, -0.2) is 86.7 Å². The first-order valence-electron chi connectivity index (χ1n) is 12.8. The van der Waals surface area contributed by atoms with Gasteiger partial charge in [0.2, 0.25) is 5.91 Å². The standard InChI is InChI=1S/C28H26ClN5O9S/c1-33(19(36)10-7-14-5-3-2-4-6-14)28(42)32-20(15-8-9-18(35)17(29)11-15)23(37)31-21-24(38)34-22(26(39)40)16(12-43-27(30)41)13-44-25(21)34/h2-11,20-21,25,35H,12-13H2,1H3,(H2,30,41)(H,31,37)(H,32,42)(H,39,40)/t20?,21?,25-/m0/s1. The van der Waals surface area contributed by atoms with Crippen LogP contribution in [0.3, 0.4) is 0 Å². The van der Waals surface area contributed by atoms with Gasteiger partial charge in [-0.2, -0.15) is 0 Å². The molecule has 1 fully saturated rings. The summed E-state index contributed by atoms with van der Waals surface area (Å²) >= 11 is 7.16. The van der Waals surface area contributed by atoms with Crippen molar-refractivity contribution in [3.8, 4) is 5.75 Å². The maximum Gasteiger partial charge on any atom is 0.404 e. The Kier molecular flexibility index (Phi) is 9.80. The number of nitrogens with one attached hydrogen (secondary N) is 2. The Balaban J connectivity index is 1.52. The van der Waals surface area contributed by atoms with E-state index < -0.39 is 59.9 Å². The van der Waals surface area contributed by atoms with Crippen molar-refractivity contribution >= 4 is 65.3 Å². The molecule has 6 amide bonds. The number of ether oxygens (including phenoxy) is 1. The monoisotopic (exact) mass is 643 g/mol. The zero-order valence-corrected chi connectivity index (χ0v) is 24.5. The van der Waals surface area contributed by atoms with E-state index in [4.69, 9.17) is 22.1 Å². The SMILES string of the molecule is CN(C(=O)C=Cc1ccccc1)C(=O)NC(C(=O)NC1C(=O)N2C(C(=O)O)=C(COC(N)=O)CS[C@@H]12)c1ccc(O)c(Cl)c1. The van der Waals surface area contributed by atoms with E-state index in [2.05, 4.69) is 10.6 Å². The molecule has 3 atom stereocenters. The van der Waals surface area contributed by atoms with E-state index in [1.807, 2.05) is 6.07 Å². The number of β-lactam (4-membered cyclic amide) rings is 1. The number of fused-ring (bicyclic) bond motifs is 1. The molecule has 230 valence electrons. The van der Waals surface area contributed by atoms with Crippen LogP contribution in [0.15, 0.2) is 65.9 Å². The highest BCUT2D eigenvalue weighted by molar-refractivity contribution is 8.00. The molecular weight excluding hydrogens is 618 g/mol. The summed E-state index contributed by atoms with van der Waals surface area (Å²) in [7, 11) is 1.21. The Labute approximate surface area is 259 Å². The first kappa shape index (κ1) is 31.9. The number of carboxylic acids is 1. The largest absolute Gasteiger partial charge is 0.506 e. The number of primary amides is 1. The first-order valence-corrected chi connectivity index (χ1v) is 14.2. The number of phenols is 1. The summed E-state index contributed by atoms with van der Waals surface area (Å²) in [6.07, 6.45) is 1.58. The van der Waals surface area contributed by atoms with E-state index in [-0.39, 0.29) is 33.4 Å². The lowest BCUT2D eigenvalue weighted by Gasteiger charge is -2.49. The number of carbonyl (C=O) groups excluding carboxylic acids is 5. The number of likely N-dealkylation sites (N-methyl/N-ethyl adjacent to an activating group) is 1. The van der Waals surface area contributed by atoms with E-state index in [0.717, 1.165) is 27.1 Å². The quantitative estimate of drug-likeness (QED) is 0.198. The summed E-state index contributed by atoms with van der Waals surface area (Å²) in [5, 5.41) is 23.6. The average molecular weight is 644 g/mol. The van der Waals surface area contributed by atoms with Crippen molar-refractivity contribution in [1.29, 1.82) is 0 Å². The smallest absolute Gasteiger partial charge is 0.404 e. The van der Waals surface area contributed by atoms with Crippen molar-refractivity contribution in [3.05, 3.63) is 82.0 Å². The summed E-state index contributed by atoms with van der Waals surface area (Å²) in [5.74, 6) is -3.98. The van der Waals surface area contributed by atoms with Crippen LogP contribution in [0, 0.1) is 0 Å². The van der Waals surface area contributed by atoms with Gasteiger partial charge >= 0.3 is 18.1 Å². The van der Waals surface area contributed by atoms with Crippen molar-refractivity contribution in [2.24, 2.45) is 5.73 Å². The molecule has 0 radical (unpaired) electrons. The van der Waals surface area contributed by atoms with Crippen LogP contribution in [0.2, 0.25) is 5.02 Å². The summed E-state index contributed by atoms with van der Waals surface area (Å²) in [6, 6.07) is 9.02. The van der Waals surface area contributed by atoms with E-state index in [1.165, 1.54) is 37.4 Å². The number of hydrogen-bond donors (Lipinski definition) is 5. The number of hydrogen-bond acceptors (Lipinski definition) is 9. The third-order valence-corrected chi connectivity index (χ3v) is 8.27. The number of thioether (sulfide) groups is 1. The topological polar surface area (TPSA) is 209 Å². The second kappa shape index (κ2) is 13.5. The lowest BCUT2D eigenvalue weighted by atomic mass is 10.0. The number of urea groups is 1. The molecule has 4 rings (SSSR count). The van der Waals surface area contributed by atoms with Crippen LogP contribution in [-0.2, 0) is 23.9 Å². The highest BCUT2D eigenvalue weighted by Crippen LogP contribution is 2.40. The van der Waals surface area contributed by atoms with Gasteiger partial charge < -0.3 is 31.3 Å².